The summed E-state index contributed by atoms with van der Waals surface area (Å²) in [6, 6.07) is 7.64. The van der Waals surface area contributed by atoms with Crippen LogP contribution in [0.3, 0.4) is 0 Å². The number of aromatic nitrogens is 1. The third kappa shape index (κ3) is 2.64. The Labute approximate surface area is 108 Å². The maximum Gasteiger partial charge on any atom is 0.224 e. The molecule has 1 aromatic heterocycles. The van der Waals surface area contributed by atoms with E-state index in [-0.39, 0.29) is 5.91 Å². The fourth-order valence-electron chi connectivity index (χ4n) is 1.68. The van der Waals surface area contributed by atoms with E-state index in [9.17, 15) is 4.79 Å². The van der Waals surface area contributed by atoms with Gasteiger partial charge in [-0.1, -0.05) is 28.9 Å². The number of benzene rings is 1. The summed E-state index contributed by atoms with van der Waals surface area (Å²) in [5.74, 6) is 0.0294. The quantitative estimate of drug-likeness (QED) is 0.936. The number of pyridine rings is 1. The molecule has 0 bridgehead atoms. The highest BCUT2D eigenvalue weighted by Crippen LogP contribution is 2.28. The van der Waals surface area contributed by atoms with Crippen LogP contribution in [-0.2, 0) is 4.79 Å². The van der Waals surface area contributed by atoms with Gasteiger partial charge in [0, 0.05) is 22.5 Å². The van der Waals surface area contributed by atoms with Gasteiger partial charge in [0.05, 0.1) is 11.2 Å². The van der Waals surface area contributed by atoms with Gasteiger partial charge in [-0.25, -0.2) is 0 Å². The highest BCUT2D eigenvalue weighted by atomic mass is 79.9. The minimum Gasteiger partial charge on any atom is -0.324 e. The third-order valence-electron chi connectivity index (χ3n) is 2.47. The number of nitrogens with zero attached hydrogens (tertiary/aromatic N) is 1. The molecular weight excluding hydrogens is 280 g/mol. The number of fused-ring (bicyclic) bond motifs is 1. The van der Waals surface area contributed by atoms with Gasteiger partial charge in [0.15, 0.2) is 0 Å². The summed E-state index contributed by atoms with van der Waals surface area (Å²) >= 11 is 3.48. The zero-order chi connectivity index (χ0) is 12.3. The molecule has 0 saturated heterocycles. The molecule has 17 heavy (non-hydrogen) atoms. The van der Waals surface area contributed by atoms with Gasteiger partial charge in [-0.15, -0.1) is 0 Å². The second-order valence-corrected chi connectivity index (χ2v) is 4.65. The van der Waals surface area contributed by atoms with Gasteiger partial charge >= 0.3 is 0 Å². The number of carbonyl (C=O) groups excluding carboxylic acids is 1. The van der Waals surface area contributed by atoms with E-state index >= 15 is 0 Å². The van der Waals surface area contributed by atoms with Gasteiger partial charge in [0.1, 0.15) is 0 Å². The Balaban J connectivity index is 2.41. The van der Waals surface area contributed by atoms with E-state index in [0.29, 0.717) is 6.42 Å². The molecule has 0 aliphatic rings. The molecule has 4 heteroatoms. The van der Waals surface area contributed by atoms with E-state index in [2.05, 4.69) is 26.2 Å². The molecule has 0 radical (unpaired) electrons. The minimum absolute atomic E-state index is 0.0294. The smallest absolute Gasteiger partial charge is 0.224 e. The first-order valence-electron chi connectivity index (χ1n) is 5.55. The van der Waals surface area contributed by atoms with Crippen molar-refractivity contribution in [1.82, 2.24) is 4.98 Å². The number of anilines is 1. The van der Waals surface area contributed by atoms with E-state index in [1.165, 1.54) is 0 Å². The van der Waals surface area contributed by atoms with Crippen LogP contribution in [0.1, 0.15) is 19.8 Å². The molecule has 0 atom stereocenters. The van der Waals surface area contributed by atoms with Gasteiger partial charge < -0.3 is 5.32 Å². The highest BCUT2D eigenvalue weighted by molar-refractivity contribution is 9.10. The van der Waals surface area contributed by atoms with Crippen LogP contribution in [0.25, 0.3) is 10.9 Å². The summed E-state index contributed by atoms with van der Waals surface area (Å²) in [6.45, 7) is 1.98. The van der Waals surface area contributed by atoms with E-state index in [0.717, 1.165) is 27.5 Å². The van der Waals surface area contributed by atoms with Crippen molar-refractivity contribution in [1.29, 1.82) is 0 Å². The molecule has 0 spiro atoms. The van der Waals surface area contributed by atoms with Gasteiger partial charge in [0.2, 0.25) is 5.91 Å². The Bertz CT molecular complexity index is 554. The van der Waals surface area contributed by atoms with Crippen molar-refractivity contribution in [2.45, 2.75) is 19.8 Å². The summed E-state index contributed by atoms with van der Waals surface area (Å²) in [7, 11) is 0. The second kappa shape index (κ2) is 5.27. The van der Waals surface area contributed by atoms with Crippen LogP contribution >= 0.6 is 15.9 Å². The molecular formula is C13H13BrN2O. The largest absolute Gasteiger partial charge is 0.324 e. The molecule has 0 unspecified atom stereocenters. The first kappa shape index (κ1) is 12.0. The monoisotopic (exact) mass is 292 g/mol. The van der Waals surface area contributed by atoms with Crippen molar-refractivity contribution in [2.24, 2.45) is 0 Å². The summed E-state index contributed by atoms with van der Waals surface area (Å²) in [5.41, 5.74) is 1.58. The fraction of sp³-hybridized carbons (Fsp3) is 0.231. The van der Waals surface area contributed by atoms with Crippen LogP contribution < -0.4 is 5.32 Å². The summed E-state index contributed by atoms with van der Waals surface area (Å²) < 4.78 is 0.981. The molecule has 1 amide bonds. The van der Waals surface area contributed by atoms with Crippen molar-refractivity contribution < 1.29 is 4.79 Å². The van der Waals surface area contributed by atoms with Crippen LogP contribution in [0.4, 0.5) is 5.69 Å². The summed E-state index contributed by atoms with van der Waals surface area (Å²) in [5, 5.41) is 3.89. The Morgan fingerprint density at radius 1 is 1.41 bits per heavy atom. The lowest BCUT2D eigenvalue weighted by atomic mass is 10.2. The lowest BCUT2D eigenvalue weighted by molar-refractivity contribution is -0.116. The molecule has 0 aliphatic carbocycles. The first-order chi connectivity index (χ1) is 8.22. The van der Waals surface area contributed by atoms with Crippen molar-refractivity contribution in [2.75, 3.05) is 5.32 Å². The molecule has 2 rings (SSSR count). The zero-order valence-electron chi connectivity index (χ0n) is 9.53. The van der Waals surface area contributed by atoms with E-state index in [4.69, 9.17) is 0 Å². The Morgan fingerprint density at radius 3 is 3.00 bits per heavy atom. The average Bonchev–Trinajstić information content (AvgIpc) is 2.34. The molecule has 1 heterocycles. The standard InChI is InChI=1S/C13H13BrN2O/c1-2-4-12(17)16-11-7-6-10(14)9-5-3-8-15-13(9)11/h3,5-8H,2,4H2,1H3,(H,16,17). The first-order valence-corrected chi connectivity index (χ1v) is 6.34. The summed E-state index contributed by atoms with van der Waals surface area (Å²) in [6.07, 6.45) is 3.10. The minimum atomic E-state index is 0.0294. The van der Waals surface area contributed by atoms with E-state index in [1.54, 1.807) is 6.20 Å². The number of rotatable bonds is 3. The predicted molar refractivity (Wildman–Crippen MR) is 73.0 cm³/mol. The van der Waals surface area contributed by atoms with Gasteiger partial charge in [-0.3, -0.25) is 9.78 Å². The maximum atomic E-state index is 11.6. The van der Waals surface area contributed by atoms with Crippen LogP contribution in [0, 0.1) is 0 Å². The van der Waals surface area contributed by atoms with Crippen LogP contribution in [0.5, 0.6) is 0 Å². The van der Waals surface area contributed by atoms with Crippen molar-refractivity contribution in [3.63, 3.8) is 0 Å². The molecule has 0 saturated carbocycles. The topological polar surface area (TPSA) is 42.0 Å². The highest BCUT2D eigenvalue weighted by Gasteiger charge is 2.07. The lowest BCUT2D eigenvalue weighted by Gasteiger charge is -2.08. The van der Waals surface area contributed by atoms with Gasteiger partial charge in [-0.05, 0) is 24.6 Å². The Hall–Kier alpha value is -1.42. The molecule has 1 aromatic carbocycles. The molecule has 88 valence electrons. The molecule has 1 N–H and O–H groups in total. The molecule has 0 aliphatic heterocycles. The zero-order valence-corrected chi connectivity index (χ0v) is 11.1. The normalized spacial score (nSPS) is 10.5. The van der Waals surface area contributed by atoms with E-state index in [1.807, 2.05) is 31.2 Å². The summed E-state index contributed by atoms with van der Waals surface area (Å²) in [4.78, 5) is 15.9. The van der Waals surface area contributed by atoms with Crippen LogP contribution in [-0.4, -0.2) is 10.9 Å². The number of amides is 1. The SMILES string of the molecule is CCCC(=O)Nc1ccc(Br)c2cccnc12. The molecule has 0 fully saturated rings. The second-order valence-electron chi connectivity index (χ2n) is 3.79. The Morgan fingerprint density at radius 2 is 2.24 bits per heavy atom. The van der Waals surface area contributed by atoms with E-state index < -0.39 is 0 Å². The predicted octanol–water partition coefficient (Wildman–Crippen LogP) is 3.74. The third-order valence-corrected chi connectivity index (χ3v) is 3.16. The molecule has 3 nitrogen and oxygen atoms in total. The molecule has 2 aromatic rings. The van der Waals surface area contributed by atoms with Crippen LogP contribution in [0.15, 0.2) is 34.9 Å². The lowest BCUT2D eigenvalue weighted by Crippen LogP contribution is -2.11. The maximum absolute atomic E-state index is 11.6. The number of nitrogens with one attached hydrogen (secondary N) is 1. The fourth-order valence-corrected chi connectivity index (χ4v) is 2.13. The van der Waals surface area contributed by atoms with Gasteiger partial charge in [-0.2, -0.15) is 0 Å². The number of hydrogen-bond donors (Lipinski definition) is 1. The van der Waals surface area contributed by atoms with Crippen molar-refractivity contribution in [3.05, 3.63) is 34.9 Å². The number of hydrogen-bond acceptors (Lipinski definition) is 2. The van der Waals surface area contributed by atoms with Crippen LogP contribution in [0.2, 0.25) is 0 Å². The van der Waals surface area contributed by atoms with Crippen molar-refractivity contribution >= 4 is 38.4 Å². The number of carbonyl (C=O) groups is 1. The van der Waals surface area contributed by atoms with Gasteiger partial charge in [0.25, 0.3) is 0 Å². The average molecular weight is 293 g/mol. The Kier molecular flexibility index (Phi) is 3.74. The van der Waals surface area contributed by atoms with Crippen molar-refractivity contribution in [3.8, 4) is 0 Å². The number of halogens is 1.